The van der Waals surface area contributed by atoms with Crippen LogP contribution in [0.4, 0.5) is 4.39 Å². The minimum Gasteiger partial charge on any atom is -0.468 e. The Bertz CT molecular complexity index is 969. The van der Waals surface area contributed by atoms with Crippen LogP contribution in [0.15, 0.2) is 62.8 Å². The number of aliphatic imine (C=N–C) groups is 1. The number of hydrogen-bond donors (Lipinski definition) is 2. The highest BCUT2D eigenvalue weighted by Gasteiger charge is 2.25. The molecule has 2 N–H and O–H groups in total. The van der Waals surface area contributed by atoms with Gasteiger partial charge >= 0.3 is 0 Å². The van der Waals surface area contributed by atoms with E-state index in [-0.39, 0.29) is 35.8 Å². The van der Waals surface area contributed by atoms with Gasteiger partial charge in [0.1, 0.15) is 17.8 Å². The largest absolute Gasteiger partial charge is 0.468 e. The van der Waals surface area contributed by atoms with Crippen molar-refractivity contribution < 1.29 is 13.2 Å². The molecule has 1 saturated heterocycles. The molecule has 9 heteroatoms. The zero-order chi connectivity index (χ0) is 21.5. The van der Waals surface area contributed by atoms with Crippen molar-refractivity contribution in [2.45, 2.75) is 25.3 Å². The summed E-state index contributed by atoms with van der Waals surface area (Å²) in [5.41, 5.74) is 1.58. The van der Waals surface area contributed by atoms with E-state index in [1.165, 1.54) is 25.0 Å². The molecule has 32 heavy (non-hydrogen) atoms. The van der Waals surface area contributed by atoms with Crippen LogP contribution in [0.5, 0.6) is 0 Å². The van der Waals surface area contributed by atoms with Crippen LogP contribution in [0.3, 0.4) is 0 Å². The van der Waals surface area contributed by atoms with E-state index in [2.05, 4.69) is 25.5 Å². The van der Waals surface area contributed by atoms with Crippen molar-refractivity contribution in [2.24, 2.45) is 4.99 Å². The highest BCUT2D eigenvalue weighted by Crippen LogP contribution is 2.25. The van der Waals surface area contributed by atoms with Crippen LogP contribution in [0.2, 0.25) is 0 Å². The topological polar surface area (TPSA) is 78.8 Å². The molecule has 1 fully saturated rings. The van der Waals surface area contributed by atoms with E-state index in [4.69, 9.17) is 8.83 Å². The van der Waals surface area contributed by atoms with Crippen molar-refractivity contribution in [3.63, 3.8) is 0 Å². The summed E-state index contributed by atoms with van der Waals surface area (Å²) in [6.07, 6.45) is 6.49. The summed E-state index contributed by atoms with van der Waals surface area (Å²) in [6, 6.07) is 10.3. The van der Waals surface area contributed by atoms with E-state index >= 15 is 0 Å². The first-order valence-electron chi connectivity index (χ1n) is 10.7. The molecule has 0 aliphatic carbocycles. The van der Waals surface area contributed by atoms with Crippen LogP contribution in [-0.4, -0.2) is 49.1 Å². The lowest BCUT2D eigenvalue weighted by molar-refractivity contribution is 0.215. The Hall–Kier alpha value is -2.40. The lowest BCUT2D eigenvalue weighted by atomic mass is 10.2. The summed E-state index contributed by atoms with van der Waals surface area (Å²) in [7, 11) is 1.76. The van der Waals surface area contributed by atoms with Gasteiger partial charge in [-0.15, -0.1) is 24.0 Å². The molecule has 0 saturated carbocycles. The zero-order valence-electron chi connectivity index (χ0n) is 18.1. The average Bonchev–Trinajstić information content (AvgIpc) is 3.56. The van der Waals surface area contributed by atoms with E-state index in [9.17, 15) is 4.39 Å². The number of nitrogens with zero attached hydrogens (tertiary/aromatic N) is 3. The summed E-state index contributed by atoms with van der Waals surface area (Å²) < 4.78 is 24.3. The quantitative estimate of drug-likeness (QED) is 0.247. The molecule has 3 aromatic rings. The second-order valence-corrected chi connectivity index (χ2v) is 7.56. The maximum atomic E-state index is 13.1. The van der Waals surface area contributed by atoms with Crippen molar-refractivity contribution in [3.05, 3.63) is 66.2 Å². The second-order valence-electron chi connectivity index (χ2n) is 7.56. The fourth-order valence-corrected chi connectivity index (χ4v) is 3.81. The first-order chi connectivity index (χ1) is 15.2. The molecular weight excluding hydrogens is 524 g/mol. The van der Waals surface area contributed by atoms with E-state index < -0.39 is 0 Å². The van der Waals surface area contributed by atoms with Gasteiger partial charge in [-0.3, -0.25) is 9.89 Å². The Balaban J connectivity index is 0.00000289. The minimum absolute atomic E-state index is 0. The third-order valence-electron chi connectivity index (χ3n) is 5.46. The Morgan fingerprint density at radius 3 is 2.62 bits per heavy atom. The number of likely N-dealkylation sites (tertiary alicyclic amines) is 1. The molecule has 0 amide bonds. The highest BCUT2D eigenvalue weighted by atomic mass is 127. The van der Waals surface area contributed by atoms with Gasteiger partial charge in [0, 0.05) is 32.1 Å². The molecular formula is C23H29FIN5O2. The summed E-state index contributed by atoms with van der Waals surface area (Å²) in [5.74, 6) is 1.92. The second kappa shape index (κ2) is 12.0. The number of furan rings is 1. The molecule has 2 aromatic heterocycles. The van der Waals surface area contributed by atoms with Gasteiger partial charge in [0.15, 0.2) is 5.96 Å². The molecule has 4 rings (SSSR count). The molecule has 1 unspecified atom stereocenters. The number of halogens is 2. The molecule has 1 aliphatic rings. The molecule has 0 radical (unpaired) electrons. The van der Waals surface area contributed by atoms with Crippen molar-refractivity contribution in [1.82, 2.24) is 20.5 Å². The van der Waals surface area contributed by atoms with Crippen LogP contribution in [0, 0.1) is 5.82 Å². The summed E-state index contributed by atoms with van der Waals surface area (Å²) >= 11 is 0. The fourth-order valence-electron chi connectivity index (χ4n) is 3.81. The number of oxazole rings is 1. The van der Waals surface area contributed by atoms with E-state index in [1.54, 1.807) is 31.7 Å². The molecule has 1 atom stereocenters. The van der Waals surface area contributed by atoms with Crippen molar-refractivity contribution >= 4 is 29.9 Å². The molecule has 3 heterocycles. The van der Waals surface area contributed by atoms with Gasteiger partial charge in [0.2, 0.25) is 5.89 Å². The van der Waals surface area contributed by atoms with Crippen molar-refractivity contribution in [3.8, 4) is 11.5 Å². The first-order valence-corrected chi connectivity index (χ1v) is 10.7. The van der Waals surface area contributed by atoms with Gasteiger partial charge in [-0.05, 0) is 62.3 Å². The van der Waals surface area contributed by atoms with E-state index in [1.807, 2.05) is 12.1 Å². The Labute approximate surface area is 204 Å². The fraction of sp³-hybridized carbons (Fsp3) is 0.391. The predicted octanol–water partition coefficient (Wildman–Crippen LogP) is 4.24. The predicted molar refractivity (Wildman–Crippen MR) is 133 cm³/mol. The molecule has 7 nitrogen and oxygen atoms in total. The lowest BCUT2D eigenvalue weighted by Crippen LogP contribution is -2.43. The zero-order valence-corrected chi connectivity index (χ0v) is 20.4. The van der Waals surface area contributed by atoms with E-state index in [0.717, 1.165) is 36.1 Å². The Kier molecular flexibility index (Phi) is 9.10. The Morgan fingerprint density at radius 2 is 1.94 bits per heavy atom. The lowest BCUT2D eigenvalue weighted by Gasteiger charge is -2.26. The first kappa shape index (κ1) is 24.2. The van der Waals surface area contributed by atoms with E-state index in [0.29, 0.717) is 25.4 Å². The smallest absolute Gasteiger partial charge is 0.226 e. The molecule has 0 bridgehead atoms. The molecule has 1 aliphatic heterocycles. The van der Waals surface area contributed by atoms with Crippen LogP contribution < -0.4 is 10.6 Å². The molecule has 1 aromatic carbocycles. The van der Waals surface area contributed by atoms with Gasteiger partial charge < -0.3 is 19.5 Å². The number of guanidine groups is 1. The van der Waals surface area contributed by atoms with Crippen LogP contribution in [-0.2, 0) is 6.42 Å². The molecule has 172 valence electrons. The van der Waals surface area contributed by atoms with Crippen molar-refractivity contribution in [2.75, 3.05) is 33.2 Å². The summed E-state index contributed by atoms with van der Waals surface area (Å²) in [6.45, 7) is 3.54. The number of benzene rings is 1. The van der Waals surface area contributed by atoms with Gasteiger partial charge in [-0.2, -0.15) is 0 Å². The highest BCUT2D eigenvalue weighted by molar-refractivity contribution is 14.0. The van der Waals surface area contributed by atoms with Gasteiger partial charge in [-0.25, -0.2) is 9.37 Å². The van der Waals surface area contributed by atoms with Crippen molar-refractivity contribution in [1.29, 1.82) is 0 Å². The summed E-state index contributed by atoms with van der Waals surface area (Å²) in [5, 5.41) is 6.74. The number of nitrogens with one attached hydrogen (secondary N) is 2. The number of hydrogen-bond acceptors (Lipinski definition) is 5. The standard InChI is InChI=1S/C23H28FN5O2.HI/c1-25-23(27-15-20(21-5-4-14-30-21)29-12-2-3-13-29)26-11-10-19-16-31-22(28-19)17-6-8-18(24)9-7-17;/h4-9,14,16,20H,2-3,10-13,15H2,1H3,(H2,25,26,27);1H. The third kappa shape index (κ3) is 6.32. The van der Waals surface area contributed by atoms with Gasteiger partial charge in [-0.1, -0.05) is 0 Å². The number of aromatic nitrogens is 1. The maximum Gasteiger partial charge on any atom is 0.226 e. The normalized spacial score (nSPS) is 15.4. The SMILES string of the molecule is CN=C(NCCc1coc(-c2ccc(F)cc2)n1)NCC(c1ccco1)N1CCCC1.I. The number of rotatable bonds is 8. The Morgan fingerprint density at radius 1 is 1.16 bits per heavy atom. The maximum absolute atomic E-state index is 13.1. The third-order valence-corrected chi connectivity index (χ3v) is 5.46. The average molecular weight is 553 g/mol. The van der Waals surface area contributed by atoms with Crippen LogP contribution >= 0.6 is 24.0 Å². The molecule has 0 spiro atoms. The summed E-state index contributed by atoms with van der Waals surface area (Å²) in [4.78, 5) is 11.3. The van der Waals surface area contributed by atoms with Gasteiger partial charge in [0.05, 0.1) is 18.0 Å². The minimum atomic E-state index is -0.280. The van der Waals surface area contributed by atoms with Crippen LogP contribution in [0.1, 0.15) is 30.3 Å². The van der Waals surface area contributed by atoms with Crippen LogP contribution in [0.25, 0.3) is 11.5 Å². The monoisotopic (exact) mass is 553 g/mol. The van der Waals surface area contributed by atoms with Gasteiger partial charge in [0.25, 0.3) is 0 Å².